The van der Waals surface area contributed by atoms with E-state index in [1.165, 1.54) is 37.1 Å². The number of nitrogens with two attached hydrogens (primary N) is 1. The molecule has 14 heavy (non-hydrogen) atoms. The maximum Gasteiger partial charge on any atom is 0.0954 e. The molecule has 1 saturated carbocycles. The smallest absolute Gasteiger partial charge is 0.0954 e. The third-order valence-electron chi connectivity index (χ3n) is 3.48. The topological polar surface area (TPSA) is 43.8 Å². The van der Waals surface area contributed by atoms with Crippen LogP contribution in [-0.4, -0.2) is 16.1 Å². The molecule has 1 heterocycles. The summed E-state index contributed by atoms with van der Waals surface area (Å²) in [6.07, 6.45) is 8.30. The SMILES string of the molecule is NCCC1CCc2ncn(C3CC3)c21. The van der Waals surface area contributed by atoms with E-state index in [1.54, 1.807) is 0 Å². The maximum atomic E-state index is 5.65. The average Bonchev–Trinajstić information content (AvgIpc) is 2.81. The minimum Gasteiger partial charge on any atom is -0.331 e. The first kappa shape index (κ1) is 8.48. The zero-order chi connectivity index (χ0) is 9.54. The fourth-order valence-electron chi connectivity index (χ4n) is 2.62. The molecule has 0 spiro atoms. The zero-order valence-electron chi connectivity index (χ0n) is 8.45. The quantitative estimate of drug-likeness (QED) is 0.788. The molecule has 1 atom stereocenters. The van der Waals surface area contributed by atoms with E-state index in [0.29, 0.717) is 5.92 Å². The third-order valence-corrected chi connectivity index (χ3v) is 3.48. The molecule has 0 saturated heterocycles. The molecule has 0 aliphatic heterocycles. The van der Waals surface area contributed by atoms with Gasteiger partial charge in [0.25, 0.3) is 0 Å². The summed E-state index contributed by atoms with van der Waals surface area (Å²) in [4.78, 5) is 4.51. The van der Waals surface area contributed by atoms with E-state index in [0.717, 1.165) is 19.0 Å². The average molecular weight is 191 g/mol. The van der Waals surface area contributed by atoms with Crippen molar-refractivity contribution in [2.45, 2.75) is 44.1 Å². The standard InChI is InChI=1S/C11H17N3/c12-6-5-8-1-4-10-11(8)14(7-13-10)9-2-3-9/h7-9H,1-6,12H2. The first-order valence-corrected chi connectivity index (χ1v) is 5.66. The molecule has 0 radical (unpaired) electrons. The molecule has 1 fully saturated rings. The van der Waals surface area contributed by atoms with Crippen LogP contribution < -0.4 is 5.73 Å². The molecule has 3 nitrogen and oxygen atoms in total. The largest absolute Gasteiger partial charge is 0.331 e. The van der Waals surface area contributed by atoms with E-state index < -0.39 is 0 Å². The van der Waals surface area contributed by atoms with Crippen molar-refractivity contribution in [3.63, 3.8) is 0 Å². The third kappa shape index (κ3) is 1.19. The zero-order valence-corrected chi connectivity index (χ0v) is 8.45. The van der Waals surface area contributed by atoms with Gasteiger partial charge in [0.15, 0.2) is 0 Å². The van der Waals surface area contributed by atoms with Gasteiger partial charge in [0.2, 0.25) is 0 Å². The second-order valence-corrected chi connectivity index (χ2v) is 4.53. The number of nitrogens with zero attached hydrogens (tertiary/aromatic N) is 2. The van der Waals surface area contributed by atoms with Crippen LogP contribution in [0.4, 0.5) is 0 Å². The molecule has 2 N–H and O–H groups in total. The van der Waals surface area contributed by atoms with Crippen molar-refractivity contribution >= 4 is 0 Å². The van der Waals surface area contributed by atoms with Crippen LogP contribution in [0.25, 0.3) is 0 Å². The van der Waals surface area contributed by atoms with Crippen LogP contribution in [0.1, 0.15) is 49.0 Å². The maximum absolute atomic E-state index is 5.65. The van der Waals surface area contributed by atoms with E-state index in [9.17, 15) is 0 Å². The number of rotatable bonds is 3. The van der Waals surface area contributed by atoms with Gasteiger partial charge in [0.1, 0.15) is 0 Å². The van der Waals surface area contributed by atoms with Gasteiger partial charge in [-0.3, -0.25) is 0 Å². The predicted molar refractivity (Wildman–Crippen MR) is 55.2 cm³/mol. The van der Waals surface area contributed by atoms with Crippen molar-refractivity contribution in [3.05, 3.63) is 17.7 Å². The Labute approximate surface area is 84.3 Å². The van der Waals surface area contributed by atoms with E-state index in [-0.39, 0.29) is 0 Å². The monoisotopic (exact) mass is 191 g/mol. The minimum absolute atomic E-state index is 0.693. The summed E-state index contributed by atoms with van der Waals surface area (Å²) >= 11 is 0. The molecule has 2 aliphatic rings. The van der Waals surface area contributed by atoms with Gasteiger partial charge in [0, 0.05) is 17.7 Å². The molecule has 1 unspecified atom stereocenters. The van der Waals surface area contributed by atoms with Gasteiger partial charge >= 0.3 is 0 Å². The van der Waals surface area contributed by atoms with Crippen LogP contribution in [0.15, 0.2) is 6.33 Å². The van der Waals surface area contributed by atoms with E-state index >= 15 is 0 Å². The van der Waals surface area contributed by atoms with Gasteiger partial charge in [-0.05, 0) is 38.6 Å². The molecular formula is C11H17N3. The highest BCUT2D eigenvalue weighted by Gasteiger charge is 2.33. The number of hydrogen-bond donors (Lipinski definition) is 1. The second-order valence-electron chi connectivity index (χ2n) is 4.53. The van der Waals surface area contributed by atoms with E-state index in [2.05, 4.69) is 9.55 Å². The Morgan fingerprint density at radius 3 is 3.00 bits per heavy atom. The lowest BCUT2D eigenvalue weighted by Gasteiger charge is -2.12. The Morgan fingerprint density at radius 1 is 1.43 bits per heavy atom. The van der Waals surface area contributed by atoms with Gasteiger partial charge in [-0.15, -0.1) is 0 Å². The number of aryl methyl sites for hydroxylation is 1. The summed E-state index contributed by atoms with van der Waals surface area (Å²) in [5, 5.41) is 0. The molecule has 1 aromatic heterocycles. The molecular weight excluding hydrogens is 174 g/mol. The predicted octanol–water partition coefficient (Wildman–Crippen LogP) is 1.60. The highest BCUT2D eigenvalue weighted by molar-refractivity contribution is 5.25. The van der Waals surface area contributed by atoms with Crippen molar-refractivity contribution in [1.29, 1.82) is 0 Å². The summed E-state index contributed by atoms with van der Waals surface area (Å²) in [6.45, 7) is 0.806. The minimum atomic E-state index is 0.693. The Hall–Kier alpha value is -0.830. The van der Waals surface area contributed by atoms with Crippen molar-refractivity contribution in [2.24, 2.45) is 5.73 Å². The van der Waals surface area contributed by atoms with Gasteiger partial charge in [0.05, 0.1) is 12.0 Å². The summed E-state index contributed by atoms with van der Waals surface area (Å²) in [6, 6.07) is 0.768. The Kier molecular flexibility index (Phi) is 1.87. The van der Waals surface area contributed by atoms with Crippen LogP contribution in [0.5, 0.6) is 0 Å². The molecule has 0 bridgehead atoms. The van der Waals surface area contributed by atoms with E-state index in [1.807, 2.05) is 6.33 Å². The van der Waals surface area contributed by atoms with Gasteiger partial charge in [-0.25, -0.2) is 4.98 Å². The van der Waals surface area contributed by atoms with Crippen LogP contribution in [0, 0.1) is 0 Å². The summed E-state index contributed by atoms with van der Waals surface area (Å²) in [5.41, 5.74) is 8.50. The Balaban J connectivity index is 1.93. The van der Waals surface area contributed by atoms with Crippen molar-refractivity contribution in [3.8, 4) is 0 Å². The lowest BCUT2D eigenvalue weighted by molar-refractivity contribution is 0.568. The molecule has 0 aromatic carbocycles. The van der Waals surface area contributed by atoms with E-state index in [4.69, 9.17) is 5.73 Å². The molecule has 3 rings (SSSR count). The van der Waals surface area contributed by atoms with Crippen molar-refractivity contribution in [2.75, 3.05) is 6.54 Å². The van der Waals surface area contributed by atoms with Crippen molar-refractivity contribution in [1.82, 2.24) is 9.55 Å². The van der Waals surface area contributed by atoms with Crippen LogP contribution in [0.2, 0.25) is 0 Å². The Morgan fingerprint density at radius 2 is 2.29 bits per heavy atom. The Bertz CT molecular complexity index is 338. The summed E-state index contributed by atoms with van der Waals surface area (Å²) < 4.78 is 2.42. The number of aromatic nitrogens is 2. The van der Waals surface area contributed by atoms with Gasteiger partial charge in [-0.1, -0.05) is 0 Å². The lowest BCUT2D eigenvalue weighted by Crippen LogP contribution is -2.09. The highest BCUT2D eigenvalue weighted by Crippen LogP contribution is 2.42. The highest BCUT2D eigenvalue weighted by atomic mass is 15.1. The molecule has 76 valence electrons. The van der Waals surface area contributed by atoms with Crippen LogP contribution in [-0.2, 0) is 6.42 Å². The molecule has 3 heteroatoms. The fraction of sp³-hybridized carbons (Fsp3) is 0.727. The number of hydrogen-bond acceptors (Lipinski definition) is 2. The first-order chi connectivity index (χ1) is 6.90. The molecule has 1 aromatic rings. The molecule has 0 amide bonds. The number of fused-ring (bicyclic) bond motifs is 1. The molecule has 2 aliphatic carbocycles. The van der Waals surface area contributed by atoms with Crippen LogP contribution >= 0.6 is 0 Å². The number of imidazole rings is 1. The second kappa shape index (κ2) is 3.09. The van der Waals surface area contributed by atoms with Gasteiger partial charge < -0.3 is 10.3 Å². The summed E-state index contributed by atoms with van der Waals surface area (Å²) in [7, 11) is 0. The van der Waals surface area contributed by atoms with Crippen molar-refractivity contribution < 1.29 is 0 Å². The van der Waals surface area contributed by atoms with Crippen LogP contribution in [0.3, 0.4) is 0 Å². The summed E-state index contributed by atoms with van der Waals surface area (Å²) in [5.74, 6) is 0.693. The van der Waals surface area contributed by atoms with Gasteiger partial charge in [-0.2, -0.15) is 0 Å². The fourth-order valence-corrected chi connectivity index (χ4v) is 2.62. The normalized spacial score (nSPS) is 25.4. The lowest BCUT2D eigenvalue weighted by atomic mass is 10.0. The first-order valence-electron chi connectivity index (χ1n) is 5.66.